The molecule has 0 saturated heterocycles. The molecule has 1 aromatic carbocycles. The Morgan fingerprint density at radius 1 is 1.12 bits per heavy atom. The Balaban J connectivity index is 1.33. The number of methoxy groups -OCH3 is 1. The third kappa shape index (κ3) is 3.63. The predicted molar refractivity (Wildman–Crippen MR) is 120 cm³/mol. The molecule has 164 valence electrons. The third-order valence-electron chi connectivity index (χ3n) is 5.59. The molecule has 4 heterocycles. The Hall–Kier alpha value is -4.41. The Bertz CT molecular complexity index is 1410. The third-order valence-corrected chi connectivity index (χ3v) is 5.59. The highest BCUT2D eigenvalue weighted by atomic mass is 16.5. The Labute approximate surface area is 188 Å². The number of aromatic amines is 1. The summed E-state index contributed by atoms with van der Waals surface area (Å²) >= 11 is 0. The first-order valence-corrected chi connectivity index (χ1v) is 10.6. The quantitative estimate of drug-likeness (QED) is 0.392. The second kappa shape index (κ2) is 7.93. The molecular formula is C22H20N10O. The van der Waals surface area contributed by atoms with E-state index in [1.54, 1.807) is 24.3 Å². The highest BCUT2D eigenvalue weighted by molar-refractivity contribution is 5.85. The first kappa shape index (κ1) is 19.3. The fraction of sp³-hybridized carbons (Fsp3) is 0.227. The van der Waals surface area contributed by atoms with E-state index in [1.807, 2.05) is 30.5 Å². The average Bonchev–Trinajstić information content (AvgIpc) is 3.34. The van der Waals surface area contributed by atoms with Crippen molar-refractivity contribution in [2.24, 2.45) is 0 Å². The lowest BCUT2D eigenvalue weighted by molar-refractivity contribution is 0.397. The van der Waals surface area contributed by atoms with Gasteiger partial charge in [0.2, 0.25) is 5.88 Å². The largest absolute Gasteiger partial charge is 0.480 e. The fourth-order valence-electron chi connectivity index (χ4n) is 3.78. The summed E-state index contributed by atoms with van der Waals surface area (Å²) in [7, 11) is 1.59. The molecule has 0 bridgehead atoms. The van der Waals surface area contributed by atoms with Crippen molar-refractivity contribution in [1.82, 2.24) is 44.9 Å². The van der Waals surface area contributed by atoms with Gasteiger partial charge in [-0.2, -0.15) is 0 Å². The average molecular weight is 440 g/mol. The van der Waals surface area contributed by atoms with Crippen molar-refractivity contribution in [2.45, 2.75) is 25.3 Å². The Morgan fingerprint density at radius 3 is 2.76 bits per heavy atom. The van der Waals surface area contributed by atoms with E-state index in [-0.39, 0.29) is 0 Å². The summed E-state index contributed by atoms with van der Waals surface area (Å²) in [5.74, 6) is 2.00. The van der Waals surface area contributed by atoms with Gasteiger partial charge >= 0.3 is 0 Å². The van der Waals surface area contributed by atoms with Crippen LogP contribution in [0.2, 0.25) is 0 Å². The molecule has 1 fully saturated rings. The molecule has 4 aromatic heterocycles. The molecular weight excluding hydrogens is 420 g/mol. The standard InChI is InChI=1S/C22H20N10O/c1-33-22-16(17(14-4-5-14)24-12-27-22)19-29-20(18-21(30-19)26-11-25-18)23-10-13-2-6-15(7-3-13)32-9-8-28-31-32/h2-3,6-9,11-12,14H,4-5,10H2,1H3,(H2,23,25,26,29,30). The topological polar surface area (TPSA) is 132 Å². The summed E-state index contributed by atoms with van der Waals surface area (Å²) in [5, 5.41) is 11.3. The number of ether oxygens (including phenoxy) is 1. The molecule has 1 aliphatic carbocycles. The lowest BCUT2D eigenvalue weighted by Crippen LogP contribution is -2.07. The molecule has 6 rings (SSSR count). The van der Waals surface area contributed by atoms with E-state index in [1.165, 1.54) is 6.33 Å². The smallest absolute Gasteiger partial charge is 0.227 e. The van der Waals surface area contributed by atoms with Gasteiger partial charge in [-0.15, -0.1) is 5.10 Å². The molecule has 0 radical (unpaired) electrons. The maximum Gasteiger partial charge on any atom is 0.227 e. The molecule has 11 nitrogen and oxygen atoms in total. The van der Waals surface area contributed by atoms with Crippen LogP contribution >= 0.6 is 0 Å². The highest BCUT2D eigenvalue weighted by Gasteiger charge is 2.31. The summed E-state index contributed by atoms with van der Waals surface area (Å²) < 4.78 is 7.25. The van der Waals surface area contributed by atoms with Crippen LogP contribution in [0.15, 0.2) is 49.3 Å². The lowest BCUT2D eigenvalue weighted by atomic mass is 10.1. The number of nitrogens with one attached hydrogen (secondary N) is 2. The maximum atomic E-state index is 5.53. The van der Waals surface area contributed by atoms with Crippen LogP contribution in [0.5, 0.6) is 5.88 Å². The van der Waals surface area contributed by atoms with Crippen molar-refractivity contribution in [2.75, 3.05) is 12.4 Å². The zero-order valence-corrected chi connectivity index (χ0v) is 17.8. The summed E-state index contributed by atoms with van der Waals surface area (Å²) in [6.45, 7) is 0.570. The van der Waals surface area contributed by atoms with Gasteiger partial charge in [-0.1, -0.05) is 17.3 Å². The SMILES string of the molecule is COc1ncnc(C2CC2)c1-c1nc(NCc2ccc(-n3ccnn3)cc2)c2[nH]cnc2n1. The van der Waals surface area contributed by atoms with Crippen LogP contribution in [0.25, 0.3) is 28.2 Å². The van der Waals surface area contributed by atoms with Crippen molar-refractivity contribution >= 4 is 17.0 Å². The van der Waals surface area contributed by atoms with Crippen molar-refractivity contribution in [1.29, 1.82) is 0 Å². The van der Waals surface area contributed by atoms with Gasteiger partial charge in [0.1, 0.15) is 17.4 Å². The number of rotatable bonds is 7. The lowest BCUT2D eigenvalue weighted by Gasteiger charge is -2.13. The van der Waals surface area contributed by atoms with E-state index >= 15 is 0 Å². The zero-order valence-electron chi connectivity index (χ0n) is 17.8. The minimum absolute atomic E-state index is 0.385. The molecule has 33 heavy (non-hydrogen) atoms. The van der Waals surface area contributed by atoms with Crippen molar-refractivity contribution in [3.05, 3.63) is 60.6 Å². The zero-order chi connectivity index (χ0) is 22.2. The number of aromatic nitrogens is 9. The minimum Gasteiger partial charge on any atom is -0.480 e. The Morgan fingerprint density at radius 2 is 2.00 bits per heavy atom. The van der Waals surface area contributed by atoms with Gasteiger partial charge in [0.25, 0.3) is 0 Å². The van der Waals surface area contributed by atoms with E-state index in [9.17, 15) is 0 Å². The van der Waals surface area contributed by atoms with Gasteiger partial charge in [-0.3, -0.25) is 0 Å². The number of nitrogens with zero attached hydrogens (tertiary/aromatic N) is 8. The number of fused-ring (bicyclic) bond motifs is 1. The molecule has 0 spiro atoms. The van der Waals surface area contributed by atoms with Gasteiger partial charge in [0.15, 0.2) is 17.3 Å². The number of H-pyrrole nitrogens is 1. The molecule has 1 saturated carbocycles. The first-order valence-electron chi connectivity index (χ1n) is 10.6. The van der Waals surface area contributed by atoms with Crippen LogP contribution in [-0.4, -0.2) is 52.0 Å². The summed E-state index contributed by atoms with van der Waals surface area (Å²) in [4.78, 5) is 25.8. The number of hydrogen-bond donors (Lipinski definition) is 2. The van der Waals surface area contributed by atoms with Gasteiger partial charge in [-0.05, 0) is 30.5 Å². The van der Waals surface area contributed by atoms with Crippen LogP contribution in [0.4, 0.5) is 5.82 Å². The Kier molecular flexibility index (Phi) is 4.64. The van der Waals surface area contributed by atoms with Crippen molar-refractivity contribution < 1.29 is 4.74 Å². The number of imidazole rings is 1. The molecule has 1 aliphatic rings. The highest BCUT2D eigenvalue weighted by Crippen LogP contribution is 2.45. The van der Waals surface area contributed by atoms with E-state index < -0.39 is 0 Å². The summed E-state index contributed by atoms with van der Waals surface area (Å²) in [6.07, 6.45) is 8.79. The normalized spacial score (nSPS) is 13.4. The van der Waals surface area contributed by atoms with E-state index in [0.29, 0.717) is 35.6 Å². The van der Waals surface area contributed by atoms with Gasteiger partial charge < -0.3 is 15.0 Å². The van der Waals surface area contributed by atoms with Gasteiger partial charge in [-0.25, -0.2) is 29.6 Å². The van der Waals surface area contributed by atoms with Gasteiger partial charge in [0.05, 0.1) is 37.2 Å². The molecule has 5 aromatic rings. The van der Waals surface area contributed by atoms with Gasteiger partial charge in [0, 0.05) is 12.5 Å². The number of anilines is 1. The molecule has 11 heteroatoms. The summed E-state index contributed by atoms with van der Waals surface area (Å²) in [5.41, 5.74) is 4.99. The van der Waals surface area contributed by atoms with Crippen LogP contribution in [0.3, 0.4) is 0 Å². The number of hydrogen-bond acceptors (Lipinski definition) is 9. The van der Waals surface area contributed by atoms with E-state index in [4.69, 9.17) is 9.72 Å². The second-order valence-electron chi connectivity index (χ2n) is 7.78. The molecule has 0 unspecified atom stereocenters. The predicted octanol–water partition coefficient (Wildman–Crippen LogP) is 2.89. The second-order valence-corrected chi connectivity index (χ2v) is 7.78. The van der Waals surface area contributed by atoms with E-state index in [0.717, 1.165) is 40.9 Å². The maximum absolute atomic E-state index is 5.53. The van der Waals surface area contributed by atoms with Crippen LogP contribution in [-0.2, 0) is 6.54 Å². The van der Waals surface area contributed by atoms with Crippen molar-refractivity contribution in [3.63, 3.8) is 0 Å². The molecule has 2 N–H and O–H groups in total. The fourth-order valence-corrected chi connectivity index (χ4v) is 3.78. The van der Waals surface area contributed by atoms with Crippen LogP contribution < -0.4 is 10.1 Å². The molecule has 0 aliphatic heterocycles. The molecule has 0 amide bonds. The van der Waals surface area contributed by atoms with Crippen LogP contribution in [0, 0.1) is 0 Å². The monoisotopic (exact) mass is 440 g/mol. The minimum atomic E-state index is 0.385. The molecule has 0 atom stereocenters. The first-order chi connectivity index (χ1) is 16.3. The van der Waals surface area contributed by atoms with Crippen LogP contribution in [0.1, 0.15) is 30.0 Å². The van der Waals surface area contributed by atoms with Crippen molar-refractivity contribution in [3.8, 4) is 23.0 Å². The summed E-state index contributed by atoms with van der Waals surface area (Å²) in [6, 6.07) is 8.07. The number of benzene rings is 1. The van der Waals surface area contributed by atoms with E-state index in [2.05, 4.69) is 40.5 Å².